The van der Waals surface area contributed by atoms with Crippen LogP contribution in [0.4, 0.5) is 13.2 Å². The number of alkyl halides is 3. The molecule has 0 bridgehead atoms. The van der Waals surface area contributed by atoms with E-state index in [-0.39, 0.29) is 6.61 Å². The zero-order chi connectivity index (χ0) is 10.4. The van der Waals surface area contributed by atoms with Crippen molar-refractivity contribution in [1.82, 2.24) is 10.2 Å². The maximum Gasteiger partial charge on any atom is 0.435 e. The predicted octanol–water partition coefficient (Wildman–Crippen LogP) is 1.45. The van der Waals surface area contributed by atoms with E-state index in [1.54, 1.807) is 0 Å². The second-order valence-electron chi connectivity index (χ2n) is 3.60. The van der Waals surface area contributed by atoms with Gasteiger partial charge in [0, 0.05) is 11.1 Å². The highest BCUT2D eigenvalue weighted by Gasteiger charge is 2.46. The van der Waals surface area contributed by atoms with Crippen molar-refractivity contribution in [1.29, 1.82) is 0 Å². The summed E-state index contributed by atoms with van der Waals surface area (Å²) < 4.78 is 36.5. The molecule has 1 aromatic heterocycles. The van der Waals surface area contributed by atoms with Crippen molar-refractivity contribution >= 4 is 0 Å². The van der Waals surface area contributed by atoms with Crippen molar-refractivity contribution < 1.29 is 18.3 Å². The smallest absolute Gasteiger partial charge is 0.395 e. The van der Waals surface area contributed by atoms with Crippen LogP contribution in [0.2, 0.25) is 0 Å². The SMILES string of the molecule is OCC1(c2cc(C(F)(F)F)n[nH]2)CC1. The van der Waals surface area contributed by atoms with E-state index >= 15 is 0 Å². The van der Waals surface area contributed by atoms with Crippen molar-refractivity contribution in [3.63, 3.8) is 0 Å². The van der Waals surface area contributed by atoms with Gasteiger partial charge in [0.2, 0.25) is 0 Å². The number of H-pyrrole nitrogens is 1. The molecule has 1 heterocycles. The van der Waals surface area contributed by atoms with Gasteiger partial charge in [-0.15, -0.1) is 0 Å². The number of hydrogen-bond acceptors (Lipinski definition) is 2. The zero-order valence-corrected chi connectivity index (χ0v) is 7.23. The molecule has 1 fully saturated rings. The molecule has 1 aromatic rings. The molecule has 1 saturated carbocycles. The van der Waals surface area contributed by atoms with Gasteiger partial charge in [-0.05, 0) is 18.9 Å². The minimum atomic E-state index is -4.42. The van der Waals surface area contributed by atoms with E-state index in [0.29, 0.717) is 18.5 Å². The Morgan fingerprint density at radius 3 is 2.50 bits per heavy atom. The fourth-order valence-corrected chi connectivity index (χ4v) is 1.40. The molecular formula is C8H9F3N2O. The van der Waals surface area contributed by atoms with Crippen LogP contribution in [0.1, 0.15) is 24.2 Å². The van der Waals surface area contributed by atoms with Crippen LogP contribution in [0, 0.1) is 0 Å². The summed E-state index contributed by atoms with van der Waals surface area (Å²) in [6.07, 6.45) is -2.99. The lowest BCUT2D eigenvalue weighted by Gasteiger charge is -2.06. The van der Waals surface area contributed by atoms with Crippen LogP contribution in [-0.4, -0.2) is 21.9 Å². The first-order valence-electron chi connectivity index (χ1n) is 4.22. The third-order valence-corrected chi connectivity index (χ3v) is 2.60. The molecule has 6 heteroatoms. The van der Waals surface area contributed by atoms with Crippen LogP contribution in [0.25, 0.3) is 0 Å². The van der Waals surface area contributed by atoms with Crippen LogP contribution in [0.3, 0.4) is 0 Å². The lowest BCUT2D eigenvalue weighted by molar-refractivity contribution is -0.141. The molecular weight excluding hydrogens is 197 g/mol. The summed E-state index contributed by atoms with van der Waals surface area (Å²) in [5.41, 5.74) is -1.03. The zero-order valence-electron chi connectivity index (χ0n) is 7.23. The topological polar surface area (TPSA) is 48.9 Å². The van der Waals surface area contributed by atoms with E-state index in [1.165, 1.54) is 0 Å². The van der Waals surface area contributed by atoms with Gasteiger partial charge < -0.3 is 5.11 Å². The van der Waals surface area contributed by atoms with Gasteiger partial charge in [0.15, 0.2) is 5.69 Å². The van der Waals surface area contributed by atoms with Crippen molar-refractivity contribution in [3.05, 3.63) is 17.5 Å². The molecule has 14 heavy (non-hydrogen) atoms. The Morgan fingerprint density at radius 1 is 1.50 bits per heavy atom. The molecule has 0 radical (unpaired) electrons. The highest BCUT2D eigenvalue weighted by molar-refractivity contribution is 5.26. The lowest BCUT2D eigenvalue weighted by atomic mass is 10.0. The van der Waals surface area contributed by atoms with E-state index in [0.717, 1.165) is 6.07 Å². The van der Waals surface area contributed by atoms with E-state index in [4.69, 9.17) is 5.11 Å². The van der Waals surface area contributed by atoms with Crippen LogP contribution in [0.5, 0.6) is 0 Å². The molecule has 0 spiro atoms. The number of aliphatic hydroxyl groups excluding tert-OH is 1. The van der Waals surface area contributed by atoms with E-state index in [1.807, 2.05) is 0 Å². The summed E-state index contributed by atoms with van der Waals surface area (Å²) >= 11 is 0. The third-order valence-electron chi connectivity index (χ3n) is 2.60. The van der Waals surface area contributed by atoms with E-state index in [2.05, 4.69) is 10.2 Å². The summed E-state index contributed by atoms with van der Waals surface area (Å²) in [6, 6.07) is 0.975. The molecule has 1 aliphatic rings. The average molecular weight is 206 g/mol. The molecule has 3 nitrogen and oxygen atoms in total. The summed E-state index contributed by atoms with van der Waals surface area (Å²) in [7, 11) is 0. The Balaban J connectivity index is 2.27. The highest BCUT2D eigenvalue weighted by atomic mass is 19.4. The quantitative estimate of drug-likeness (QED) is 0.769. The van der Waals surface area contributed by atoms with Gasteiger partial charge in [-0.3, -0.25) is 5.10 Å². The number of hydrogen-bond donors (Lipinski definition) is 2. The Morgan fingerprint density at radius 2 is 2.14 bits per heavy atom. The van der Waals surface area contributed by atoms with Crippen molar-refractivity contribution in [2.24, 2.45) is 0 Å². The molecule has 1 aliphatic carbocycles. The Bertz CT molecular complexity index is 341. The van der Waals surface area contributed by atoms with Crippen molar-refractivity contribution in [2.45, 2.75) is 24.4 Å². The first kappa shape index (κ1) is 9.51. The molecule has 0 atom stereocenters. The van der Waals surface area contributed by atoms with E-state index in [9.17, 15) is 13.2 Å². The summed E-state index contributed by atoms with van der Waals surface area (Å²) in [6.45, 7) is -0.132. The highest BCUT2D eigenvalue weighted by Crippen LogP contribution is 2.47. The summed E-state index contributed by atoms with van der Waals surface area (Å²) in [4.78, 5) is 0. The van der Waals surface area contributed by atoms with Crippen LogP contribution in [0.15, 0.2) is 6.07 Å². The molecule has 0 saturated heterocycles. The number of aromatic amines is 1. The summed E-state index contributed by atoms with van der Waals surface area (Å²) in [5, 5.41) is 14.5. The first-order valence-corrected chi connectivity index (χ1v) is 4.22. The van der Waals surface area contributed by atoms with Gasteiger partial charge >= 0.3 is 6.18 Å². The lowest BCUT2D eigenvalue weighted by Crippen LogP contribution is -2.12. The minimum absolute atomic E-state index is 0.132. The molecule has 0 unspecified atom stereocenters. The number of nitrogens with zero attached hydrogens (tertiary/aromatic N) is 1. The second-order valence-corrected chi connectivity index (χ2v) is 3.60. The van der Waals surface area contributed by atoms with Crippen LogP contribution >= 0.6 is 0 Å². The molecule has 0 aromatic carbocycles. The van der Waals surface area contributed by atoms with Gasteiger partial charge in [0.1, 0.15) is 0 Å². The van der Waals surface area contributed by atoms with Crippen molar-refractivity contribution in [2.75, 3.05) is 6.61 Å². The van der Waals surface area contributed by atoms with Gasteiger partial charge in [-0.1, -0.05) is 0 Å². The Labute approximate surface area is 77.9 Å². The predicted molar refractivity (Wildman–Crippen MR) is 41.6 cm³/mol. The number of aromatic nitrogens is 2. The third kappa shape index (κ3) is 1.39. The molecule has 2 rings (SSSR count). The van der Waals surface area contributed by atoms with Gasteiger partial charge in [0.25, 0.3) is 0 Å². The normalized spacial score (nSPS) is 19.7. The Kier molecular flexibility index (Phi) is 1.85. The monoisotopic (exact) mass is 206 g/mol. The molecule has 0 aliphatic heterocycles. The second kappa shape index (κ2) is 2.73. The van der Waals surface area contributed by atoms with Gasteiger partial charge in [0.05, 0.1) is 6.61 Å². The molecule has 78 valence electrons. The number of rotatable bonds is 2. The van der Waals surface area contributed by atoms with E-state index < -0.39 is 17.3 Å². The minimum Gasteiger partial charge on any atom is -0.395 e. The fraction of sp³-hybridized carbons (Fsp3) is 0.625. The first-order chi connectivity index (χ1) is 6.48. The van der Waals surface area contributed by atoms with Gasteiger partial charge in [-0.2, -0.15) is 18.3 Å². The number of aliphatic hydroxyl groups is 1. The van der Waals surface area contributed by atoms with Crippen LogP contribution in [-0.2, 0) is 11.6 Å². The van der Waals surface area contributed by atoms with Gasteiger partial charge in [-0.25, -0.2) is 0 Å². The molecule has 2 N–H and O–H groups in total. The van der Waals surface area contributed by atoms with Crippen LogP contribution < -0.4 is 0 Å². The number of halogens is 3. The molecule has 0 amide bonds. The fourth-order valence-electron chi connectivity index (χ4n) is 1.40. The largest absolute Gasteiger partial charge is 0.435 e. The van der Waals surface area contributed by atoms with Crippen molar-refractivity contribution in [3.8, 4) is 0 Å². The Hall–Kier alpha value is -1.04. The summed E-state index contributed by atoms with van der Waals surface area (Å²) in [5.74, 6) is 0. The maximum absolute atomic E-state index is 12.2. The maximum atomic E-state index is 12.2. The average Bonchev–Trinajstić information content (AvgIpc) is 2.73. The number of nitrogens with one attached hydrogen (secondary N) is 1. The standard InChI is InChI=1S/C8H9F3N2O/c9-8(10,11)6-3-5(12-13-6)7(4-14)1-2-7/h3,14H,1-2,4H2,(H,12,13).